The molecule has 6 nitrogen and oxygen atoms in total. The molecule has 2 rings (SSSR count). The van der Waals surface area contributed by atoms with Crippen LogP contribution in [0.2, 0.25) is 0 Å². The predicted octanol–water partition coefficient (Wildman–Crippen LogP) is 4.07. The van der Waals surface area contributed by atoms with Gasteiger partial charge in [-0.3, -0.25) is 0 Å². The highest BCUT2D eigenvalue weighted by Gasteiger charge is 2.39. The lowest BCUT2D eigenvalue weighted by atomic mass is 9.97. The second-order valence-electron chi connectivity index (χ2n) is 6.09. The van der Waals surface area contributed by atoms with E-state index in [2.05, 4.69) is 4.74 Å². The molecule has 0 aliphatic carbocycles. The van der Waals surface area contributed by atoms with Gasteiger partial charge in [0.15, 0.2) is 6.10 Å². The zero-order valence-electron chi connectivity index (χ0n) is 16.8. The fourth-order valence-electron chi connectivity index (χ4n) is 2.51. The standard InChI is InChI=1S/C19H19F3O5.C2H6O/c1-2-26-17(18(24)25)16(23)14-9-8-13(10-15(14)19(20,21)22)27-11-12-6-4-3-5-7-12;1-3-2/h3-10,16-17,23H,2,11H2,1H3,(H,24,25);1-2H3/t16-,17+;/m1./s1. The number of carboxylic acids is 1. The number of carboxylic acid groups (broad SMARTS) is 1. The summed E-state index contributed by atoms with van der Waals surface area (Å²) >= 11 is 0. The molecule has 0 aromatic heterocycles. The highest BCUT2D eigenvalue weighted by atomic mass is 19.4. The number of halogens is 3. The number of aliphatic carboxylic acids is 1. The number of alkyl halides is 3. The van der Waals surface area contributed by atoms with E-state index in [4.69, 9.17) is 14.6 Å². The maximum atomic E-state index is 13.4. The van der Waals surface area contributed by atoms with Gasteiger partial charge in [0, 0.05) is 20.8 Å². The molecule has 2 aromatic carbocycles. The Balaban J connectivity index is 0.00000141. The van der Waals surface area contributed by atoms with Gasteiger partial charge in [-0.15, -0.1) is 0 Å². The number of methoxy groups -OCH3 is 1. The summed E-state index contributed by atoms with van der Waals surface area (Å²) in [6.45, 7) is 1.47. The third-order valence-corrected chi connectivity index (χ3v) is 3.77. The van der Waals surface area contributed by atoms with Gasteiger partial charge in [0.05, 0.1) is 5.56 Å². The average molecular weight is 430 g/mol. The van der Waals surface area contributed by atoms with E-state index < -0.39 is 35.5 Å². The summed E-state index contributed by atoms with van der Waals surface area (Å²) in [4.78, 5) is 11.2. The van der Waals surface area contributed by atoms with Gasteiger partial charge in [-0.1, -0.05) is 36.4 Å². The van der Waals surface area contributed by atoms with Crippen molar-refractivity contribution in [2.45, 2.75) is 31.9 Å². The molecule has 0 radical (unpaired) electrons. The van der Waals surface area contributed by atoms with E-state index >= 15 is 0 Å². The van der Waals surface area contributed by atoms with Gasteiger partial charge in [0.1, 0.15) is 18.5 Å². The molecule has 30 heavy (non-hydrogen) atoms. The summed E-state index contributed by atoms with van der Waals surface area (Å²) in [5.41, 5.74) is -0.987. The van der Waals surface area contributed by atoms with Crippen molar-refractivity contribution in [1.29, 1.82) is 0 Å². The number of rotatable bonds is 8. The van der Waals surface area contributed by atoms with Crippen molar-refractivity contribution in [2.24, 2.45) is 0 Å². The number of ether oxygens (including phenoxy) is 3. The summed E-state index contributed by atoms with van der Waals surface area (Å²) in [6, 6.07) is 11.9. The molecule has 2 aromatic rings. The molecule has 9 heteroatoms. The van der Waals surface area contributed by atoms with Crippen molar-refractivity contribution in [1.82, 2.24) is 0 Å². The van der Waals surface area contributed by atoms with Crippen molar-refractivity contribution in [3.63, 3.8) is 0 Å². The number of carbonyl (C=O) groups is 1. The van der Waals surface area contributed by atoms with Crippen LogP contribution in [0.5, 0.6) is 5.75 Å². The summed E-state index contributed by atoms with van der Waals surface area (Å²) in [5.74, 6) is -1.60. The lowest BCUT2D eigenvalue weighted by Crippen LogP contribution is -2.32. The highest BCUT2D eigenvalue weighted by molar-refractivity contribution is 5.73. The predicted molar refractivity (Wildman–Crippen MR) is 103 cm³/mol. The first kappa shape index (κ1) is 25.4. The summed E-state index contributed by atoms with van der Waals surface area (Å²) < 4.78 is 54.9. The molecule has 2 atom stereocenters. The Morgan fingerprint density at radius 2 is 1.70 bits per heavy atom. The number of hydrogen-bond acceptors (Lipinski definition) is 5. The van der Waals surface area contributed by atoms with Crippen LogP contribution in [-0.4, -0.2) is 43.1 Å². The van der Waals surface area contributed by atoms with Crippen molar-refractivity contribution < 1.29 is 42.4 Å². The smallest absolute Gasteiger partial charge is 0.416 e. The Bertz CT molecular complexity index is 780. The first-order valence-corrected chi connectivity index (χ1v) is 8.96. The highest BCUT2D eigenvalue weighted by Crippen LogP contribution is 2.38. The minimum Gasteiger partial charge on any atom is -0.489 e. The van der Waals surface area contributed by atoms with Crippen LogP contribution in [0.4, 0.5) is 13.2 Å². The molecular formula is C21H25F3O6. The van der Waals surface area contributed by atoms with Crippen molar-refractivity contribution >= 4 is 5.97 Å². The van der Waals surface area contributed by atoms with E-state index in [1.807, 2.05) is 0 Å². The summed E-state index contributed by atoms with van der Waals surface area (Å²) in [5, 5.41) is 19.3. The van der Waals surface area contributed by atoms with E-state index in [1.165, 1.54) is 13.0 Å². The molecule has 0 bridgehead atoms. The maximum absolute atomic E-state index is 13.4. The molecule has 0 aliphatic heterocycles. The van der Waals surface area contributed by atoms with Gasteiger partial charge in [-0.05, 0) is 30.2 Å². The molecule has 0 heterocycles. The van der Waals surface area contributed by atoms with Crippen LogP contribution in [0, 0.1) is 0 Å². The lowest BCUT2D eigenvalue weighted by Gasteiger charge is -2.23. The van der Waals surface area contributed by atoms with E-state index in [0.29, 0.717) is 0 Å². The van der Waals surface area contributed by atoms with Crippen LogP contribution in [-0.2, 0) is 27.1 Å². The lowest BCUT2D eigenvalue weighted by molar-refractivity contribution is -0.160. The van der Waals surface area contributed by atoms with Crippen LogP contribution in [0.1, 0.15) is 29.7 Å². The van der Waals surface area contributed by atoms with Crippen LogP contribution in [0.15, 0.2) is 48.5 Å². The fraction of sp³-hybridized carbons (Fsp3) is 0.381. The van der Waals surface area contributed by atoms with Crippen LogP contribution >= 0.6 is 0 Å². The van der Waals surface area contributed by atoms with E-state index in [1.54, 1.807) is 44.6 Å². The maximum Gasteiger partial charge on any atom is 0.416 e. The zero-order chi connectivity index (χ0) is 22.7. The number of aliphatic hydroxyl groups is 1. The summed E-state index contributed by atoms with van der Waals surface area (Å²) in [6.07, 6.45) is -8.60. The Morgan fingerprint density at radius 3 is 2.20 bits per heavy atom. The fourth-order valence-corrected chi connectivity index (χ4v) is 2.51. The minimum atomic E-state index is -4.81. The number of hydrogen-bond donors (Lipinski definition) is 2. The average Bonchev–Trinajstić information content (AvgIpc) is 2.70. The molecule has 0 aliphatic rings. The minimum absolute atomic E-state index is 0.0505. The third kappa shape index (κ3) is 7.66. The molecule has 166 valence electrons. The van der Waals surface area contributed by atoms with Gasteiger partial charge in [0.2, 0.25) is 0 Å². The Kier molecular flexibility index (Phi) is 10.3. The van der Waals surface area contributed by atoms with Gasteiger partial charge < -0.3 is 24.4 Å². The van der Waals surface area contributed by atoms with Gasteiger partial charge in [-0.2, -0.15) is 13.2 Å². The molecule has 0 saturated carbocycles. The zero-order valence-corrected chi connectivity index (χ0v) is 16.8. The van der Waals surface area contributed by atoms with E-state index in [0.717, 1.165) is 17.7 Å². The van der Waals surface area contributed by atoms with Gasteiger partial charge in [0.25, 0.3) is 0 Å². The Hall–Kier alpha value is -2.62. The van der Waals surface area contributed by atoms with Gasteiger partial charge in [-0.25, -0.2) is 4.79 Å². The number of benzene rings is 2. The normalized spacial score (nSPS) is 13.0. The molecule has 0 spiro atoms. The van der Waals surface area contributed by atoms with Crippen molar-refractivity contribution in [2.75, 3.05) is 20.8 Å². The van der Waals surface area contributed by atoms with Crippen LogP contribution < -0.4 is 4.74 Å². The molecule has 0 unspecified atom stereocenters. The van der Waals surface area contributed by atoms with Gasteiger partial charge >= 0.3 is 12.1 Å². The monoisotopic (exact) mass is 430 g/mol. The van der Waals surface area contributed by atoms with Crippen LogP contribution in [0.3, 0.4) is 0 Å². The molecule has 0 fully saturated rings. The third-order valence-electron chi connectivity index (χ3n) is 3.77. The van der Waals surface area contributed by atoms with Crippen molar-refractivity contribution in [3.05, 3.63) is 65.2 Å². The van der Waals surface area contributed by atoms with E-state index in [9.17, 15) is 23.1 Å². The quantitative estimate of drug-likeness (QED) is 0.657. The largest absolute Gasteiger partial charge is 0.489 e. The van der Waals surface area contributed by atoms with E-state index in [-0.39, 0.29) is 19.0 Å². The summed E-state index contributed by atoms with van der Waals surface area (Å²) in [7, 11) is 3.25. The molecule has 0 amide bonds. The first-order valence-electron chi connectivity index (χ1n) is 8.96. The number of aliphatic hydroxyl groups excluding tert-OH is 1. The van der Waals surface area contributed by atoms with Crippen LogP contribution in [0.25, 0.3) is 0 Å². The molecule has 0 saturated heterocycles. The first-order chi connectivity index (χ1) is 14.1. The molecule has 2 N–H and O–H groups in total. The second-order valence-corrected chi connectivity index (χ2v) is 6.09. The topological polar surface area (TPSA) is 85.2 Å². The Morgan fingerprint density at radius 1 is 1.10 bits per heavy atom. The molecular weight excluding hydrogens is 405 g/mol. The second kappa shape index (κ2) is 12.2. The SMILES string of the molecule is CCO[C@H](C(=O)O)[C@H](O)c1ccc(OCc2ccccc2)cc1C(F)(F)F.COC. The Labute approximate surface area is 172 Å². The van der Waals surface area contributed by atoms with Crippen molar-refractivity contribution in [3.8, 4) is 5.75 Å².